The van der Waals surface area contributed by atoms with Gasteiger partial charge in [0.05, 0.1) is 11.4 Å². The minimum atomic E-state index is -3.91. The molecule has 6 nitrogen and oxygen atoms in total. The number of sulfonamides is 1. The molecule has 0 aliphatic rings. The van der Waals surface area contributed by atoms with Crippen LogP contribution in [0.2, 0.25) is 5.02 Å². The molecule has 1 amide bonds. The predicted molar refractivity (Wildman–Crippen MR) is 116 cm³/mol. The van der Waals surface area contributed by atoms with Crippen molar-refractivity contribution in [2.24, 2.45) is 0 Å². The molecule has 0 radical (unpaired) electrons. The summed E-state index contributed by atoms with van der Waals surface area (Å²) in [5, 5.41) is 3.19. The molecule has 0 aliphatic carbocycles. The molecule has 3 rings (SSSR count). The third kappa shape index (κ3) is 5.66. The second-order valence-corrected chi connectivity index (χ2v) is 9.16. The van der Waals surface area contributed by atoms with Crippen LogP contribution in [0.5, 0.6) is 0 Å². The van der Waals surface area contributed by atoms with E-state index in [1.807, 2.05) is 13.0 Å². The SMILES string of the molecule is Cc1ccc(S(=O)(=O)N(CC(=O)NCc2cccnc2)Cc2ccccc2Cl)cc1. The molecule has 0 bridgehead atoms. The zero-order valence-corrected chi connectivity index (χ0v) is 18.0. The summed E-state index contributed by atoms with van der Waals surface area (Å²) in [6.07, 6.45) is 3.29. The summed E-state index contributed by atoms with van der Waals surface area (Å²) in [6, 6.07) is 17.1. The van der Waals surface area contributed by atoms with Crippen LogP contribution in [0.3, 0.4) is 0 Å². The van der Waals surface area contributed by atoms with Crippen molar-refractivity contribution in [2.45, 2.75) is 24.9 Å². The van der Waals surface area contributed by atoms with Crippen LogP contribution in [0.4, 0.5) is 0 Å². The maximum Gasteiger partial charge on any atom is 0.243 e. The Labute approximate surface area is 181 Å². The first kappa shape index (κ1) is 22.0. The van der Waals surface area contributed by atoms with Gasteiger partial charge in [0.25, 0.3) is 0 Å². The number of nitrogens with one attached hydrogen (secondary N) is 1. The molecule has 0 saturated carbocycles. The number of benzene rings is 2. The maximum atomic E-state index is 13.3. The number of aryl methyl sites for hydroxylation is 1. The molecule has 1 heterocycles. The number of hydrogen-bond donors (Lipinski definition) is 1. The molecule has 8 heteroatoms. The van der Waals surface area contributed by atoms with Gasteiger partial charge in [-0.2, -0.15) is 4.31 Å². The Hall–Kier alpha value is -2.74. The lowest BCUT2D eigenvalue weighted by Crippen LogP contribution is -2.40. The summed E-state index contributed by atoms with van der Waals surface area (Å²) in [4.78, 5) is 16.7. The van der Waals surface area contributed by atoms with Gasteiger partial charge < -0.3 is 5.32 Å². The number of carbonyl (C=O) groups is 1. The van der Waals surface area contributed by atoms with E-state index in [-0.39, 0.29) is 24.5 Å². The number of aromatic nitrogens is 1. The van der Waals surface area contributed by atoms with Crippen LogP contribution in [0.25, 0.3) is 0 Å². The number of rotatable bonds is 8. The van der Waals surface area contributed by atoms with Crippen molar-refractivity contribution in [3.63, 3.8) is 0 Å². The lowest BCUT2D eigenvalue weighted by atomic mass is 10.2. The fourth-order valence-corrected chi connectivity index (χ4v) is 4.39. The van der Waals surface area contributed by atoms with E-state index in [4.69, 9.17) is 11.6 Å². The van der Waals surface area contributed by atoms with E-state index >= 15 is 0 Å². The fraction of sp³-hybridized carbons (Fsp3) is 0.182. The van der Waals surface area contributed by atoms with Crippen LogP contribution in [0.15, 0.2) is 78.0 Å². The Balaban J connectivity index is 1.82. The summed E-state index contributed by atoms with van der Waals surface area (Å²) in [5.41, 5.74) is 2.39. The average molecular weight is 444 g/mol. The van der Waals surface area contributed by atoms with Gasteiger partial charge in [-0.25, -0.2) is 8.42 Å². The first-order chi connectivity index (χ1) is 14.4. The van der Waals surface area contributed by atoms with Crippen molar-refractivity contribution < 1.29 is 13.2 Å². The molecule has 2 aromatic carbocycles. The van der Waals surface area contributed by atoms with Gasteiger partial charge in [0.2, 0.25) is 15.9 Å². The molecule has 3 aromatic rings. The summed E-state index contributed by atoms with van der Waals surface area (Å²) in [6.45, 7) is 1.79. The van der Waals surface area contributed by atoms with Crippen molar-refractivity contribution >= 4 is 27.5 Å². The first-order valence-electron chi connectivity index (χ1n) is 9.32. The number of pyridine rings is 1. The van der Waals surface area contributed by atoms with Crippen molar-refractivity contribution in [2.75, 3.05) is 6.54 Å². The molecule has 0 aliphatic heterocycles. The molecule has 1 aromatic heterocycles. The molecule has 0 fully saturated rings. The largest absolute Gasteiger partial charge is 0.351 e. The van der Waals surface area contributed by atoms with Gasteiger partial charge in [0.1, 0.15) is 0 Å². The van der Waals surface area contributed by atoms with Gasteiger partial charge in [-0.1, -0.05) is 53.6 Å². The monoisotopic (exact) mass is 443 g/mol. The van der Waals surface area contributed by atoms with Gasteiger partial charge in [-0.3, -0.25) is 9.78 Å². The van der Waals surface area contributed by atoms with E-state index in [1.54, 1.807) is 54.9 Å². The van der Waals surface area contributed by atoms with Crippen LogP contribution in [0.1, 0.15) is 16.7 Å². The average Bonchev–Trinajstić information content (AvgIpc) is 2.74. The highest BCUT2D eigenvalue weighted by Gasteiger charge is 2.27. The summed E-state index contributed by atoms with van der Waals surface area (Å²) in [7, 11) is -3.91. The number of nitrogens with zero attached hydrogens (tertiary/aromatic N) is 2. The zero-order chi connectivity index (χ0) is 21.6. The highest BCUT2D eigenvalue weighted by molar-refractivity contribution is 7.89. The Morgan fingerprint density at radius 1 is 1.07 bits per heavy atom. The lowest BCUT2D eigenvalue weighted by molar-refractivity contribution is -0.121. The molecule has 30 heavy (non-hydrogen) atoms. The van der Waals surface area contributed by atoms with Crippen molar-refractivity contribution in [1.82, 2.24) is 14.6 Å². The van der Waals surface area contributed by atoms with Crippen molar-refractivity contribution in [3.05, 3.63) is 94.8 Å². The summed E-state index contributed by atoms with van der Waals surface area (Å²) < 4.78 is 27.7. The molecular formula is C22H22ClN3O3S. The smallest absolute Gasteiger partial charge is 0.243 e. The number of amides is 1. The second-order valence-electron chi connectivity index (χ2n) is 6.82. The normalized spacial score (nSPS) is 11.4. The Bertz CT molecular complexity index is 1100. The van der Waals surface area contributed by atoms with Crippen LogP contribution in [-0.2, 0) is 27.9 Å². The van der Waals surface area contributed by atoms with Gasteiger partial charge in [-0.15, -0.1) is 0 Å². The quantitative estimate of drug-likeness (QED) is 0.577. The summed E-state index contributed by atoms with van der Waals surface area (Å²) >= 11 is 6.23. The van der Waals surface area contributed by atoms with E-state index in [0.717, 1.165) is 15.4 Å². The highest BCUT2D eigenvalue weighted by Crippen LogP contribution is 2.22. The standard InChI is InChI=1S/C22H22ClN3O3S/c1-17-8-10-20(11-9-17)30(28,29)26(15-19-6-2-3-7-21(19)23)16-22(27)25-14-18-5-4-12-24-13-18/h2-13H,14-16H2,1H3,(H,25,27). The lowest BCUT2D eigenvalue weighted by Gasteiger charge is -2.22. The highest BCUT2D eigenvalue weighted by atomic mass is 35.5. The van der Waals surface area contributed by atoms with Gasteiger partial charge in [0, 0.05) is 30.5 Å². The number of carbonyl (C=O) groups excluding carboxylic acids is 1. The zero-order valence-electron chi connectivity index (χ0n) is 16.5. The maximum absolute atomic E-state index is 13.3. The van der Waals surface area contributed by atoms with Gasteiger partial charge in [-0.05, 0) is 42.3 Å². The van der Waals surface area contributed by atoms with Crippen LogP contribution >= 0.6 is 11.6 Å². The predicted octanol–water partition coefficient (Wildman–Crippen LogP) is 3.55. The Morgan fingerprint density at radius 2 is 1.80 bits per heavy atom. The van der Waals surface area contributed by atoms with Gasteiger partial charge in [0.15, 0.2) is 0 Å². The third-order valence-electron chi connectivity index (χ3n) is 4.50. The van der Waals surface area contributed by atoms with E-state index in [0.29, 0.717) is 10.6 Å². The molecular weight excluding hydrogens is 422 g/mol. The third-order valence-corrected chi connectivity index (χ3v) is 6.67. The number of hydrogen-bond acceptors (Lipinski definition) is 4. The topological polar surface area (TPSA) is 79.4 Å². The van der Waals surface area contributed by atoms with E-state index < -0.39 is 15.9 Å². The first-order valence-corrected chi connectivity index (χ1v) is 11.1. The summed E-state index contributed by atoms with van der Waals surface area (Å²) in [5.74, 6) is -0.415. The molecule has 0 saturated heterocycles. The molecule has 156 valence electrons. The van der Waals surface area contributed by atoms with Crippen molar-refractivity contribution in [3.8, 4) is 0 Å². The van der Waals surface area contributed by atoms with Crippen LogP contribution in [0, 0.1) is 6.92 Å². The van der Waals surface area contributed by atoms with Gasteiger partial charge >= 0.3 is 0 Å². The van der Waals surface area contributed by atoms with Crippen LogP contribution < -0.4 is 5.32 Å². The number of halogens is 1. The minimum Gasteiger partial charge on any atom is -0.351 e. The van der Waals surface area contributed by atoms with Crippen molar-refractivity contribution in [1.29, 1.82) is 0 Å². The molecule has 1 N–H and O–H groups in total. The molecule has 0 spiro atoms. The fourth-order valence-electron chi connectivity index (χ4n) is 2.82. The van der Waals surface area contributed by atoms with E-state index in [9.17, 15) is 13.2 Å². The molecule has 0 atom stereocenters. The second kappa shape index (κ2) is 9.84. The van der Waals surface area contributed by atoms with E-state index in [2.05, 4.69) is 10.3 Å². The van der Waals surface area contributed by atoms with Crippen LogP contribution in [-0.4, -0.2) is 30.2 Å². The minimum absolute atomic E-state index is 0.0177. The Morgan fingerprint density at radius 3 is 2.47 bits per heavy atom. The molecule has 0 unspecified atom stereocenters. The van der Waals surface area contributed by atoms with E-state index in [1.165, 1.54) is 12.1 Å². The Kier molecular flexibility index (Phi) is 7.20.